The summed E-state index contributed by atoms with van der Waals surface area (Å²) < 4.78 is 5.18. The fourth-order valence-electron chi connectivity index (χ4n) is 2.90. The number of ether oxygens (including phenoxy) is 1. The average Bonchev–Trinajstić information content (AvgIpc) is 2.52. The number of rotatable bonds is 2. The predicted molar refractivity (Wildman–Crippen MR) is 83.9 cm³/mol. The van der Waals surface area contributed by atoms with Gasteiger partial charge >= 0.3 is 0 Å². The maximum Gasteiger partial charge on any atom is 0.233 e. The maximum absolute atomic E-state index is 12.5. The molecule has 2 aliphatic rings. The number of benzene rings is 1. The van der Waals surface area contributed by atoms with Gasteiger partial charge in [0.25, 0.3) is 0 Å². The lowest BCUT2D eigenvalue weighted by Crippen LogP contribution is -2.58. The van der Waals surface area contributed by atoms with Crippen LogP contribution in [0.25, 0.3) is 0 Å². The van der Waals surface area contributed by atoms with Crippen molar-refractivity contribution in [1.82, 2.24) is 4.90 Å². The zero-order chi connectivity index (χ0) is 15.7. The number of carbonyl (C=O) groups is 1. The molecule has 2 saturated heterocycles. The zero-order valence-electron chi connectivity index (χ0n) is 12.5. The molecular weight excluding hydrogens is 302 g/mol. The monoisotopic (exact) mass is 319 g/mol. The molecule has 2 aliphatic heterocycles. The number of nitriles is 1. The van der Waals surface area contributed by atoms with Gasteiger partial charge in [0.1, 0.15) is 0 Å². The van der Waals surface area contributed by atoms with E-state index in [9.17, 15) is 4.79 Å². The fourth-order valence-corrected chi connectivity index (χ4v) is 3.20. The largest absolute Gasteiger partial charge is 0.379 e. The minimum absolute atomic E-state index is 0.185. The fraction of sp³-hybridized carbons (Fsp3) is 0.500. The molecule has 0 aliphatic carbocycles. The van der Waals surface area contributed by atoms with E-state index in [1.165, 1.54) is 0 Å². The smallest absolute Gasteiger partial charge is 0.233 e. The van der Waals surface area contributed by atoms with Crippen LogP contribution in [-0.4, -0.2) is 50.2 Å². The third-order valence-electron chi connectivity index (χ3n) is 4.34. The molecule has 0 aromatic heterocycles. The molecule has 5 nitrogen and oxygen atoms in total. The van der Waals surface area contributed by atoms with E-state index in [1.54, 1.807) is 12.1 Å². The van der Waals surface area contributed by atoms with E-state index in [1.807, 2.05) is 17.9 Å². The highest BCUT2D eigenvalue weighted by molar-refractivity contribution is 6.33. The topological polar surface area (TPSA) is 56.6 Å². The number of carbonyl (C=O) groups excluding carboxylic acids is 1. The summed E-state index contributed by atoms with van der Waals surface area (Å²) in [5, 5.41) is 9.47. The van der Waals surface area contributed by atoms with Crippen molar-refractivity contribution in [2.45, 2.75) is 6.92 Å². The molecule has 2 fully saturated rings. The summed E-state index contributed by atoms with van der Waals surface area (Å²) in [4.78, 5) is 16.5. The minimum atomic E-state index is -0.339. The van der Waals surface area contributed by atoms with Crippen LogP contribution in [-0.2, 0) is 9.53 Å². The van der Waals surface area contributed by atoms with Crippen LogP contribution in [0.4, 0.5) is 5.69 Å². The Morgan fingerprint density at radius 1 is 1.32 bits per heavy atom. The van der Waals surface area contributed by atoms with Crippen LogP contribution in [0.3, 0.4) is 0 Å². The lowest BCUT2D eigenvalue weighted by Gasteiger charge is -2.43. The van der Waals surface area contributed by atoms with Gasteiger partial charge in [-0.1, -0.05) is 11.6 Å². The number of amides is 1. The average molecular weight is 320 g/mol. The summed E-state index contributed by atoms with van der Waals surface area (Å²) in [6, 6.07) is 7.41. The quantitative estimate of drug-likeness (QED) is 0.835. The molecular formula is C16H18ClN3O2. The Labute approximate surface area is 135 Å². The SMILES string of the molecule is CC1(C(=O)N2CCN(c3ccc(C#N)cc3Cl)CC2)COC1. The molecule has 0 radical (unpaired) electrons. The molecule has 6 heteroatoms. The van der Waals surface area contributed by atoms with E-state index < -0.39 is 0 Å². The van der Waals surface area contributed by atoms with Crippen molar-refractivity contribution < 1.29 is 9.53 Å². The highest BCUT2D eigenvalue weighted by Crippen LogP contribution is 2.31. The predicted octanol–water partition coefficient (Wildman–Crippen LogP) is 1.90. The summed E-state index contributed by atoms with van der Waals surface area (Å²) in [7, 11) is 0. The molecule has 1 aromatic carbocycles. The molecule has 0 saturated carbocycles. The first kappa shape index (κ1) is 15.1. The summed E-state index contributed by atoms with van der Waals surface area (Å²) >= 11 is 6.25. The van der Waals surface area contributed by atoms with Gasteiger partial charge < -0.3 is 14.5 Å². The Kier molecular flexibility index (Phi) is 3.98. The van der Waals surface area contributed by atoms with Crippen LogP contribution in [0.2, 0.25) is 5.02 Å². The van der Waals surface area contributed by atoms with Crippen LogP contribution < -0.4 is 4.90 Å². The van der Waals surface area contributed by atoms with Gasteiger partial charge in [0.2, 0.25) is 5.91 Å². The van der Waals surface area contributed by atoms with Crippen LogP contribution in [0.5, 0.6) is 0 Å². The molecule has 0 spiro atoms. The summed E-state index contributed by atoms with van der Waals surface area (Å²) in [5.41, 5.74) is 1.14. The highest BCUT2D eigenvalue weighted by atomic mass is 35.5. The normalized spacial score (nSPS) is 20.2. The zero-order valence-corrected chi connectivity index (χ0v) is 13.3. The van der Waals surface area contributed by atoms with E-state index in [2.05, 4.69) is 11.0 Å². The lowest BCUT2D eigenvalue weighted by atomic mass is 9.86. The second kappa shape index (κ2) is 5.79. The number of hydrogen-bond donors (Lipinski definition) is 0. The van der Waals surface area contributed by atoms with E-state index in [-0.39, 0.29) is 11.3 Å². The van der Waals surface area contributed by atoms with Crippen LogP contribution in [0.15, 0.2) is 18.2 Å². The third-order valence-corrected chi connectivity index (χ3v) is 4.64. The second-order valence-corrected chi connectivity index (χ2v) is 6.52. The van der Waals surface area contributed by atoms with Crippen molar-refractivity contribution in [1.29, 1.82) is 5.26 Å². The molecule has 22 heavy (non-hydrogen) atoms. The summed E-state index contributed by atoms with van der Waals surface area (Å²) in [6.07, 6.45) is 0. The molecule has 116 valence electrons. The van der Waals surface area contributed by atoms with E-state index >= 15 is 0 Å². The van der Waals surface area contributed by atoms with Gasteiger partial charge in [-0.25, -0.2) is 0 Å². The molecule has 0 N–H and O–H groups in total. The Balaban J connectivity index is 1.64. The third kappa shape index (κ3) is 2.65. The molecule has 2 heterocycles. The Morgan fingerprint density at radius 2 is 2.00 bits per heavy atom. The Morgan fingerprint density at radius 3 is 2.50 bits per heavy atom. The second-order valence-electron chi connectivity index (χ2n) is 6.11. The Hall–Kier alpha value is -1.77. The van der Waals surface area contributed by atoms with Crippen LogP contribution >= 0.6 is 11.6 Å². The lowest BCUT2D eigenvalue weighted by molar-refractivity contribution is -0.169. The number of hydrogen-bond acceptors (Lipinski definition) is 4. The van der Waals surface area contributed by atoms with Crippen molar-refractivity contribution in [3.8, 4) is 6.07 Å². The molecule has 0 unspecified atom stereocenters. The molecule has 3 rings (SSSR count). The first-order valence-electron chi connectivity index (χ1n) is 7.35. The number of anilines is 1. The van der Waals surface area contributed by atoms with Gasteiger partial charge in [0, 0.05) is 26.2 Å². The standard InChI is InChI=1S/C16H18ClN3O2/c1-16(10-22-11-16)15(21)20-6-4-19(5-7-20)14-3-2-12(9-18)8-13(14)17/h2-3,8H,4-7,10-11H2,1H3. The molecule has 0 atom stereocenters. The van der Waals surface area contributed by atoms with Crippen molar-refractivity contribution in [2.24, 2.45) is 5.41 Å². The van der Waals surface area contributed by atoms with Gasteiger partial charge in [-0.3, -0.25) is 4.79 Å². The van der Waals surface area contributed by atoms with E-state index in [0.29, 0.717) is 36.9 Å². The minimum Gasteiger partial charge on any atom is -0.379 e. The highest BCUT2D eigenvalue weighted by Gasteiger charge is 2.44. The van der Waals surface area contributed by atoms with Gasteiger partial charge in [-0.05, 0) is 25.1 Å². The van der Waals surface area contributed by atoms with Crippen molar-refractivity contribution >= 4 is 23.2 Å². The Bertz CT molecular complexity index is 629. The van der Waals surface area contributed by atoms with Crippen LogP contribution in [0.1, 0.15) is 12.5 Å². The number of halogens is 1. The summed E-state index contributed by atoms with van der Waals surface area (Å²) in [6.45, 7) is 5.86. The molecule has 1 amide bonds. The van der Waals surface area contributed by atoms with Crippen molar-refractivity contribution in [3.05, 3.63) is 28.8 Å². The maximum atomic E-state index is 12.5. The van der Waals surface area contributed by atoms with Gasteiger partial charge in [-0.15, -0.1) is 0 Å². The van der Waals surface area contributed by atoms with Gasteiger partial charge in [0.05, 0.1) is 41.0 Å². The van der Waals surface area contributed by atoms with Crippen molar-refractivity contribution in [2.75, 3.05) is 44.3 Å². The first-order valence-corrected chi connectivity index (χ1v) is 7.73. The first-order chi connectivity index (χ1) is 10.5. The van der Waals surface area contributed by atoms with Gasteiger partial charge in [-0.2, -0.15) is 5.26 Å². The molecule has 1 aromatic rings. The molecule has 0 bridgehead atoms. The van der Waals surface area contributed by atoms with Gasteiger partial charge in [0.15, 0.2) is 0 Å². The van der Waals surface area contributed by atoms with E-state index in [4.69, 9.17) is 21.6 Å². The summed E-state index contributed by atoms with van der Waals surface area (Å²) in [5.74, 6) is 0.185. The van der Waals surface area contributed by atoms with E-state index in [0.717, 1.165) is 18.8 Å². The van der Waals surface area contributed by atoms with Crippen molar-refractivity contribution in [3.63, 3.8) is 0 Å². The number of nitrogens with zero attached hydrogens (tertiary/aromatic N) is 3. The van der Waals surface area contributed by atoms with Crippen LogP contribution in [0, 0.1) is 16.7 Å². The number of piperazine rings is 1.